The topological polar surface area (TPSA) is 63.6 Å². The summed E-state index contributed by atoms with van der Waals surface area (Å²) in [5.41, 5.74) is 0.885. The van der Waals surface area contributed by atoms with Crippen LogP contribution in [0.2, 0.25) is 0 Å². The fraction of sp³-hybridized carbons (Fsp3) is 0.190. The first-order chi connectivity index (χ1) is 13.8. The van der Waals surface area contributed by atoms with E-state index in [1.54, 1.807) is 44.2 Å². The molecule has 0 aliphatic heterocycles. The molecule has 0 fully saturated rings. The van der Waals surface area contributed by atoms with Gasteiger partial charge in [0, 0.05) is 24.2 Å². The molecular formula is C21H22F2N3O2S+. The molecule has 0 spiro atoms. The van der Waals surface area contributed by atoms with Crippen LogP contribution in [0.3, 0.4) is 0 Å². The van der Waals surface area contributed by atoms with Crippen LogP contribution in [-0.2, 0) is 10.0 Å². The molecule has 1 heterocycles. The van der Waals surface area contributed by atoms with Crippen molar-refractivity contribution in [1.82, 2.24) is 0 Å². The second-order valence-electron chi connectivity index (χ2n) is 6.48. The number of anilines is 2. The van der Waals surface area contributed by atoms with Gasteiger partial charge in [-0.1, -0.05) is 18.2 Å². The fourth-order valence-electron chi connectivity index (χ4n) is 3.04. The molecule has 5 nitrogen and oxygen atoms in total. The van der Waals surface area contributed by atoms with Gasteiger partial charge in [-0.15, -0.1) is 0 Å². The Bertz CT molecular complexity index is 1070. The molecule has 0 bridgehead atoms. The van der Waals surface area contributed by atoms with Gasteiger partial charge in [0.05, 0.1) is 5.69 Å². The number of nitrogens with zero attached hydrogens (tertiary/aromatic N) is 1. The van der Waals surface area contributed by atoms with Crippen molar-refractivity contribution in [3.05, 3.63) is 84.1 Å². The van der Waals surface area contributed by atoms with Gasteiger partial charge in [0.2, 0.25) is 0 Å². The van der Waals surface area contributed by atoms with Crippen molar-refractivity contribution in [2.75, 3.05) is 16.2 Å². The number of hydrogen-bond donors (Lipinski definition) is 1. The van der Waals surface area contributed by atoms with E-state index in [1.807, 2.05) is 6.07 Å². The van der Waals surface area contributed by atoms with Crippen molar-refractivity contribution in [1.29, 1.82) is 0 Å². The third-order valence-corrected chi connectivity index (χ3v) is 6.40. The predicted octanol–water partition coefficient (Wildman–Crippen LogP) is 4.17. The van der Waals surface area contributed by atoms with Crippen molar-refractivity contribution in [3.63, 3.8) is 0 Å². The zero-order chi connectivity index (χ0) is 21.0. The van der Waals surface area contributed by atoms with E-state index in [4.69, 9.17) is 0 Å². The average molecular weight is 418 g/mol. The number of halogens is 2. The lowest BCUT2D eigenvalue weighted by molar-refractivity contribution is -0.364. The lowest BCUT2D eigenvalue weighted by Crippen LogP contribution is -2.31. The number of para-hydroxylation sites is 1. The summed E-state index contributed by atoms with van der Waals surface area (Å²) in [5.74, 6) is -0.785. The van der Waals surface area contributed by atoms with Gasteiger partial charge in [-0.25, -0.2) is 22.2 Å². The van der Waals surface area contributed by atoms with Crippen molar-refractivity contribution in [2.45, 2.75) is 24.8 Å². The molecule has 2 N–H and O–H groups in total. The van der Waals surface area contributed by atoms with Crippen LogP contribution >= 0.6 is 0 Å². The van der Waals surface area contributed by atoms with E-state index in [2.05, 4.69) is 10.3 Å². The number of aromatic nitrogens is 1. The smallest absolute Gasteiger partial charge is 0.268 e. The molecule has 8 heteroatoms. The van der Waals surface area contributed by atoms with E-state index in [9.17, 15) is 17.2 Å². The minimum absolute atomic E-state index is 0.106. The molecule has 0 saturated heterocycles. The molecule has 0 amide bonds. The lowest BCUT2D eigenvalue weighted by atomic mass is 10.1. The molecule has 1 aromatic heterocycles. The lowest BCUT2D eigenvalue weighted by Gasteiger charge is -2.22. The third kappa shape index (κ3) is 4.54. The number of pyridine rings is 1. The summed E-state index contributed by atoms with van der Waals surface area (Å²) in [6.45, 7) is 3.78. The molecule has 0 aliphatic carbocycles. The van der Waals surface area contributed by atoms with E-state index in [1.165, 1.54) is 28.7 Å². The molecule has 0 saturated carbocycles. The molecule has 0 radical (unpaired) electrons. The van der Waals surface area contributed by atoms with E-state index in [-0.39, 0.29) is 11.4 Å². The van der Waals surface area contributed by atoms with Crippen LogP contribution in [0.15, 0.2) is 71.8 Å². The second-order valence-corrected chi connectivity index (χ2v) is 8.34. The highest BCUT2D eigenvalue weighted by molar-refractivity contribution is 7.92. The zero-order valence-corrected chi connectivity index (χ0v) is 16.9. The number of aromatic amines is 1. The second kappa shape index (κ2) is 8.57. The van der Waals surface area contributed by atoms with Gasteiger partial charge < -0.3 is 0 Å². The number of H-pyrrole nitrogens is 1. The number of rotatable bonds is 7. The Morgan fingerprint density at radius 1 is 1.07 bits per heavy atom. The van der Waals surface area contributed by atoms with Crippen molar-refractivity contribution >= 4 is 21.5 Å². The van der Waals surface area contributed by atoms with Crippen LogP contribution in [0.25, 0.3) is 0 Å². The van der Waals surface area contributed by atoms with E-state index in [0.717, 1.165) is 6.07 Å². The first-order valence-corrected chi connectivity index (χ1v) is 10.6. The Kier molecular flexibility index (Phi) is 6.12. The van der Waals surface area contributed by atoms with Crippen LogP contribution in [0.4, 0.5) is 20.3 Å². The number of sulfonamides is 1. The van der Waals surface area contributed by atoms with Crippen LogP contribution in [0, 0.1) is 11.6 Å². The Hall–Kier alpha value is -3.00. The predicted molar refractivity (Wildman–Crippen MR) is 108 cm³/mol. The largest absolute Gasteiger partial charge is 0.272 e. The van der Waals surface area contributed by atoms with Gasteiger partial charge in [-0.05, 0) is 44.2 Å². The maximum Gasteiger partial charge on any atom is 0.272 e. The quantitative estimate of drug-likeness (QED) is 0.626. The first-order valence-electron chi connectivity index (χ1n) is 9.14. The Morgan fingerprint density at radius 3 is 2.38 bits per heavy atom. The number of hydrogen-bond acceptors (Lipinski definition) is 3. The molecule has 29 heavy (non-hydrogen) atoms. The normalized spacial score (nSPS) is 12.4. The molecular weight excluding hydrogens is 396 g/mol. The van der Waals surface area contributed by atoms with E-state index < -0.39 is 27.7 Å². The van der Waals surface area contributed by atoms with Crippen LogP contribution in [0.5, 0.6) is 0 Å². The van der Waals surface area contributed by atoms with E-state index >= 15 is 0 Å². The summed E-state index contributed by atoms with van der Waals surface area (Å²) in [6, 6.07) is 14.9. The monoisotopic (exact) mass is 418 g/mol. The van der Waals surface area contributed by atoms with Crippen molar-refractivity contribution < 1.29 is 22.2 Å². The van der Waals surface area contributed by atoms with Gasteiger partial charge in [-0.3, -0.25) is 9.62 Å². The Morgan fingerprint density at radius 2 is 1.79 bits per heavy atom. The highest BCUT2D eigenvalue weighted by atomic mass is 32.2. The first kappa shape index (κ1) is 20.7. The number of benzene rings is 2. The van der Waals surface area contributed by atoms with Crippen molar-refractivity contribution in [2.24, 2.45) is 0 Å². The average Bonchev–Trinajstić information content (AvgIpc) is 2.69. The summed E-state index contributed by atoms with van der Waals surface area (Å²) in [4.78, 5) is 3.00. The summed E-state index contributed by atoms with van der Waals surface area (Å²) in [5, 5.41) is 3.05. The van der Waals surface area contributed by atoms with Crippen LogP contribution in [0.1, 0.15) is 25.5 Å². The maximum atomic E-state index is 13.9. The summed E-state index contributed by atoms with van der Waals surface area (Å²) >= 11 is 0. The van der Waals surface area contributed by atoms with Crippen LogP contribution < -0.4 is 14.6 Å². The molecule has 0 unspecified atom stereocenters. The molecule has 3 aromatic rings. The van der Waals surface area contributed by atoms with Crippen molar-refractivity contribution in [3.8, 4) is 0 Å². The molecule has 3 rings (SSSR count). The minimum Gasteiger partial charge on any atom is -0.268 e. The standard InChI is InChI=1S/C21H21F2N3O2S/c1-3-26(17-7-5-4-6-8-17)29(27,28)18-10-12-21(24-14-18)25-15(2)19-11-9-16(22)13-20(19)23/h4-15H,3H2,1-2H3,(H,24,25)/p+1/t15-/m1/s1. The molecule has 2 aromatic carbocycles. The molecule has 152 valence electrons. The van der Waals surface area contributed by atoms with Gasteiger partial charge in [0.25, 0.3) is 15.8 Å². The summed E-state index contributed by atoms with van der Waals surface area (Å²) < 4.78 is 54.3. The highest BCUT2D eigenvalue weighted by Crippen LogP contribution is 2.24. The van der Waals surface area contributed by atoms with Crippen LogP contribution in [-0.4, -0.2) is 15.0 Å². The molecule has 0 aliphatic rings. The minimum atomic E-state index is -3.74. The van der Waals surface area contributed by atoms with Gasteiger partial charge in [0.1, 0.15) is 28.8 Å². The Labute approximate surface area is 169 Å². The summed E-state index contributed by atoms with van der Waals surface area (Å²) in [6.07, 6.45) is 1.39. The zero-order valence-electron chi connectivity index (χ0n) is 16.1. The Balaban J connectivity index is 1.80. The fourth-order valence-corrected chi connectivity index (χ4v) is 4.48. The SMILES string of the molecule is CCN(c1ccccc1)S(=O)(=O)c1ccc(N[C@H](C)c2ccc(F)cc2F)[nH+]c1. The molecule has 1 atom stereocenters. The summed E-state index contributed by atoms with van der Waals surface area (Å²) in [7, 11) is -3.74. The van der Waals surface area contributed by atoms with Gasteiger partial charge in [0.15, 0.2) is 0 Å². The highest BCUT2D eigenvalue weighted by Gasteiger charge is 2.25. The van der Waals surface area contributed by atoms with Gasteiger partial charge >= 0.3 is 0 Å². The number of nitrogens with one attached hydrogen (secondary N) is 2. The van der Waals surface area contributed by atoms with E-state index in [0.29, 0.717) is 17.1 Å². The third-order valence-electron chi connectivity index (χ3n) is 4.50. The van der Waals surface area contributed by atoms with Gasteiger partial charge in [-0.2, -0.15) is 0 Å². The maximum absolute atomic E-state index is 13.9.